The van der Waals surface area contributed by atoms with Crippen LogP contribution in [0.5, 0.6) is 0 Å². The first-order valence-corrected chi connectivity index (χ1v) is 7.26. The maximum absolute atomic E-state index is 4.13. The zero-order valence-electron chi connectivity index (χ0n) is 11.8. The highest BCUT2D eigenvalue weighted by Gasteiger charge is 2.23. The zero-order chi connectivity index (χ0) is 13.8. The molecule has 1 aliphatic heterocycles. The van der Waals surface area contributed by atoms with Gasteiger partial charge in [0.25, 0.3) is 0 Å². The molecule has 1 N–H and O–H groups in total. The minimum absolute atomic E-state index is 0.418. The molecule has 1 saturated heterocycles. The number of nitrogens with zero attached hydrogens (tertiary/aromatic N) is 2. The average molecular weight is 266 g/mol. The van der Waals surface area contributed by atoms with Gasteiger partial charge in [0.15, 0.2) is 0 Å². The Hall–Kier alpha value is -1.87. The fraction of sp³-hybridized carbons (Fsp3) is 0.353. The summed E-state index contributed by atoms with van der Waals surface area (Å²) in [6, 6.07) is 12.6. The number of para-hydroxylation sites is 1. The van der Waals surface area contributed by atoms with Crippen LogP contribution in [0.3, 0.4) is 0 Å². The van der Waals surface area contributed by atoms with Crippen molar-refractivity contribution in [3.8, 4) is 11.1 Å². The van der Waals surface area contributed by atoms with Crippen molar-refractivity contribution in [1.29, 1.82) is 0 Å². The SMILES string of the molecule is CNC1CCCCN1c1ccccc1-c1[c]nccc1. The molecule has 0 aliphatic carbocycles. The minimum atomic E-state index is 0.418. The number of hydrogen-bond donors (Lipinski definition) is 1. The predicted octanol–water partition coefficient (Wildman–Crippen LogP) is 3.08. The second-order valence-electron chi connectivity index (χ2n) is 5.17. The van der Waals surface area contributed by atoms with E-state index in [4.69, 9.17) is 0 Å². The Balaban J connectivity index is 2.01. The highest BCUT2D eigenvalue weighted by Crippen LogP contribution is 2.33. The van der Waals surface area contributed by atoms with Gasteiger partial charge in [-0.05, 0) is 38.4 Å². The van der Waals surface area contributed by atoms with Gasteiger partial charge >= 0.3 is 0 Å². The van der Waals surface area contributed by atoms with Gasteiger partial charge in [-0.15, -0.1) is 0 Å². The third-order valence-electron chi connectivity index (χ3n) is 3.95. The van der Waals surface area contributed by atoms with E-state index in [0.717, 1.165) is 12.1 Å². The van der Waals surface area contributed by atoms with Crippen molar-refractivity contribution in [1.82, 2.24) is 10.3 Å². The number of benzene rings is 1. The van der Waals surface area contributed by atoms with Gasteiger partial charge in [0.05, 0.1) is 12.4 Å². The summed E-state index contributed by atoms with van der Waals surface area (Å²) in [5.41, 5.74) is 3.54. The van der Waals surface area contributed by atoms with E-state index in [2.05, 4.69) is 51.7 Å². The van der Waals surface area contributed by atoms with Gasteiger partial charge in [0.1, 0.15) is 0 Å². The van der Waals surface area contributed by atoms with E-state index >= 15 is 0 Å². The van der Waals surface area contributed by atoms with Crippen LogP contribution in [0.4, 0.5) is 5.69 Å². The molecule has 1 aromatic carbocycles. The van der Waals surface area contributed by atoms with Crippen LogP contribution in [-0.4, -0.2) is 24.7 Å². The number of hydrogen-bond acceptors (Lipinski definition) is 3. The van der Waals surface area contributed by atoms with Gasteiger partial charge < -0.3 is 10.2 Å². The third-order valence-corrected chi connectivity index (χ3v) is 3.95. The summed E-state index contributed by atoms with van der Waals surface area (Å²) in [4.78, 5) is 6.60. The number of piperidine rings is 1. The fourth-order valence-corrected chi connectivity index (χ4v) is 2.95. The molecule has 1 fully saturated rings. The minimum Gasteiger partial charge on any atom is -0.356 e. The van der Waals surface area contributed by atoms with Gasteiger partial charge in [-0.1, -0.05) is 24.3 Å². The molecule has 1 aliphatic rings. The van der Waals surface area contributed by atoms with Crippen LogP contribution in [0, 0.1) is 6.20 Å². The number of aromatic nitrogens is 1. The van der Waals surface area contributed by atoms with Gasteiger partial charge in [0, 0.05) is 29.6 Å². The normalized spacial score (nSPS) is 19.1. The Morgan fingerprint density at radius 3 is 2.90 bits per heavy atom. The summed E-state index contributed by atoms with van der Waals surface area (Å²) in [5.74, 6) is 0. The smallest absolute Gasteiger partial charge is 0.0971 e. The Morgan fingerprint density at radius 1 is 1.20 bits per heavy atom. The summed E-state index contributed by atoms with van der Waals surface area (Å²) in [5, 5.41) is 3.43. The van der Waals surface area contributed by atoms with Crippen molar-refractivity contribution in [3.05, 3.63) is 48.8 Å². The molecule has 2 heterocycles. The number of rotatable bonds is 3. The van der Waals surface area contributed by atoms with Gasteiger partial charge in [-0.25, -0.2) is 0 Å². The van der Waals surface area contributed by atoms with Crippen molar-refractivity contribution in [2.75, 3.05) is 18.5 Å². The molecule has 0 bridgehead atoms. The third kappa shape index (κ3) is 2.54. The maximum atomic E-state index is 4.13. The van der Waals surface area contributed by atoms with Crippen molar-refractivity contribution in [2.45, 2.75) is 25.4 Å². The summed E-state index contributed by atoms with van der Waals surface area (Å²) < 4.78 is 0. The molecule has 2 aromatic rings. The predicted molar refractivity (Wildman–Crippen MR) is 82.6 cm³/mol. The molecule has 1 atom stereocenters. The zero-order valence-corrected chi connectivity index (χ0v) is 11.8. The first-order chi connectivity index (χ1) is 9.90. The largest absolute Gasteiger partial charge is 0.356 e. The molecule has 1 radical (unpaired) electrons. The molecule has 0 amide bonds. The van der Waals surface area contributed by atoms with Crippen LogP contribution >= 0.6 is 0 Å². The molecular formula is C17H20N3. The lowest BCUT2D eigenvalue weighted by Gasteiger charge is -2.38. The monoisotopic (exact) mass is 266 g/mol. The van der Waals surface area contributed by atoms with E-state index in [1.807, 2.05) is 13.1 Å². The molecule has 0 saturated carbocycles. The van der Waals surface area contributed by atoms with Crippen LogP contribution in [0.15, 0.2) is 42.6 Å². The van der Waals surface area contributed by atoms with E-state index in [1.54, 1.807) is 6.20 Å². The van der Waals surface area contributed by atoms with Crippen LogP contribution in [0.2, 0.25) is 0 Å². The maximum Gasteiger partial charge on any atom is 0.0971 e. The summed E-state index contributed by atoms with van der Waals surface area (Å²) in [7, 11) is 2.04. The van der Waals surface area contributed by atoms with E-state index in [0.29, 0.717) is 6.17 Å². The first kappa shape index (κ1) is 13.1. The number of nitrogens with one attached hydrogen (secondary N) is 1. The number of pyridine rings is 1. The lowest BCUT2D eigenvalue weighted by molar-refractivity contribution is 0.418. The Labute approximate surface area is 120 Å². The lowest BCUT2D eigenvalue weighted by Crippen LogP contribution is -2.47. The van der Waals surface area contributed by atoms with Crippen molar-refractivity contribution in [2.24, 2.45) is 0 Å². The van der Waals surface area contributed by atoms with Gasteiger partial charge in [0.2, 0.25) is 0 Å². The molecule has 3 heteroatoms. The Morgan fingerprint density at radius 2 is 2.10 bits per heavy atom. The highest BCUT2D eigenvalue weighted by atomic mass is 15.3. The second-order valence-corrected chi connectivity index (χ2v) is 5.17. The molecule has 0 spiro atoms. The van der Waals surface area contributed by atoms with Gasteiger partial charge in [-0.3, -0.25) is 4.98 Å². The van der Waals surface area contributed by atoms with Crippen LogP contribution < -0.4 is 10.2 Å². The number of anilines is 1. The van der Waals surface area contributed by atoms with Crippen LogP contribution in [-0.2, 0) is 0 Å². The molecule has 3 nitrogen and oxygen atoms in total. The standard InChI is InChI=1S/C17H20N3/c1-18-17-10-4-5-12-20(17)16-9-3-2-8-15(16)14-7-6-11-19-13-14/h2-3,6-9,11,17-18H,4-5,10,12H2,1H3. The van der Waals surface area contributed by atoms with E-state index in [1.165, 1.54) is 30.5 Å². The van der Waals surface area contributed by atoms with Crippen LogP contribution in [0.25, 0.3) is 11.1 Å². The van der Waals surface area contributed by atoms with E-state index in [-0.39, 0.29) is 0 Å². The van der Waals surface area contributed by atoms with Crippen molar-refractivity contribution < 1.29 is 0 Å². The van der Waals surface area contributed by atoms with Crippen LogP contribution in [0.1, 0.15) is 19.3 Å². The van der Waals surface area contributed by atoms with E-state index < -0.39 is 0 Å². The summed E-state index contributed by atoms with van der Waals surface area (Å²) in [6.45, 7) is 1.10. The highest BCUT2D eigenvalue weighted by molar-refractivity contribution is 5.78. The molecule has 103 valence electrons. The quantitative estimate of drug-likeness (QED) is 0.925. The molecule has 1 unspecified atom stereocenters. The molecular weight excluding hydrogens is 246 g/mol. The second kappa shape index (κ2) is 6.06. The lowest BCUT2D eigenvalue weighted by atomic mass is 10.0. The van der Waals surface area contributed by atoms with Gasteiger partial charge in [-0.2, -0.15) is 0 Å². The van der Waals surface area contributed by atoms with Crippen molar-refractivity contribution >= 4 is 5.69 Å². The topological polar surface area (TPSA) is 28.2 Å². The van der Waals surface area contributed by atoms with Crippen molar-refractivity contribution in [3.63, 3.8) is 0 Å². The molecule has 1 aromatic heterocycles. The fourth-order valence-electron chi connectivity index (χ4n) is 2.95. The Kier molecular flexibility index (Phi) is 3.97. The summed E-state index contributed by atoms with van der Waals surface area (Å²) in [6.07, 6.45) is 9.03. The first-order valence-electron chi connectivity index (χ1n) is 7.26. The molecule has 20 heavy (non-hydrogen) atoms. The molecule has 3 rings (SSSR count). The summed E-state index contributed by atoms with van der Waals surface area (Å²) >= 11 is 0. The van der Waals surface area contributed by atoms with E-state index in [9.17, 15) is 0 Å². The Bertz CT molecular complexity index is 553. The average Bonchev–Trinajstić information content (AvgIpc) is 2.55.